The molecular weight excluding hydrogens is 290 g/mol. The predicted octanol–water partition coefficient (Wildman–Crippen LogP) is 0.404. The molecule has 2 amide bonds. The minimum Gasteiger partial charge on any atom is -0.480 e. The van der Waals surface area contributed by atoms with E-state index in [0.29, 0.717) is 5.13 Å². The van der Waals surface area contributed by atoms with Gasteiger partial charge in [0.05, 0.1) is 5.75 Å². The third-order valence-corrected chi connectivity index (χ3v) is 3.60. The van der Waals surface area contributed by atoms with Crippen LogP contribution >= 0.6 is 23.1 Å². The molecule has 0 spiro atoms. The molecule has 19 heavy (non-hydrogen) atoms. The number of nitrogens with one attached hydrogen (secondary N) is 2. The van der Waals surface area contributed by atoms with Crippen LogP contribution in [0.3, 0.4) is 0 Å². The summed E-state index contributed by atoms with van der Waals surface area (Å²) in [4.78, 5) is 37.0. The topological polar surface area (TPSA) is 108 Å². The van der Waals surface area contributed by atoms with Crippen molar-refractivity contribution in [2.75, 3.05) is 16.8 Å². The van der Waals surface area contributed by atoms with Crippen molar-refractivity contribution in [2.45, 2.75) is 13.0 Å². The van der Waals surface area contributed by atoms with Crippen LogP contribution in [0.2, 0.25) is 0 Å². The molecule has 0 aliphatic heterocycles. The first-order valence-corrected chi connectivity index (χ1v) is 7.29. The molecule has 0 aliphatic rings. The van der Waals surface area contributed by atoms with Gasteiger partial charge < -0.3 is 15.7 Å². The highest BCUT2D eigenvalue weighted by atomic mass is 32.2. The van der Waals surface area contributed by atoms with Gasteiger partial charge in [-0.2, -0.15) is 0 Å². The number of amides is 2. The van der Waals surface area contributed by atoms with Crippen LogP contribution in [0, 0.1) is 0 Å². The third kappa shape index (κ3) is 6.20. The number of hydrogen-bond donors (Lipinski definition) is 3. The first-order chi connectivity index (χ1) is 8.99. The maximum absolute atomic E-state index is 11.5. The van der Waals surface area contributed by atoms with Gasteiger partial charge in [-0.05, 0) is 0 Å². The second-order valence-corrected chi connectivity index (χ2v) is 5.42. The van der Waals surface area contributed by atoms with Gasteiger partial charge in [0.1, 0.15) is 6.04 Å². The maximum Gasteiger partial charge on any atom is 0.327 e. The van der Waals surface area contributed by atoms with E-state index in [9.17, 15) is 14.4 Å². The molecule has 1 heterocycles. The molecule has 0 aliphatic carbocycles. The highest BCUT2D eigenvalue weighted by Crippen LogP contribution is 2.11. The van der Waals surface area contributed by atoms with Crippen molar-refractivity contribution >= 4 is 46.0 Å². The van der Waals surface area contributed by atoms with E-state index < -0.39 is 17.9 Å². The van der Waals surface area contributed by atoms with Gasteiger partial charge in [-0.25, -0.2) is 9.78 Å². The molecule has 0 aromatic carbocycles. The highest BCUT2D eigenvalue weighted by molar-refractivity contribution is 8.00. The first kappa shape index (κ1) is 15.4. The van der Waals surface area contributed by atoms with Gasteiger partial charge in [-0.1, -0.05) is 0 Å². The summed E-state index contributed by atoms with van der Waals surface area (Å²) in [6.07, 6.45) is 1.57. The molecule has 1 aromatic heterocycles. The van der Waals surface area contributed by atoms with E-state index >= 15 is 0 Å². The Hall–Kier alpha value is -1.61. The number of aliphatic carboxylic acids is 1. The fourth-order valence-electron chi connectivity index (χ4n) is 1.13. The number of anilines is 1. The van der Waals surface area contributed by atoms with E-state index in [1.807, 2.05) is 0 Å². The van der Waals surface area contributed by atoms with Crippen LogP contribution in [0.5, 0.6) is 0 Å². The number of thioether (sulfide) groups is 1. The molecule has 0 saturated carbocycles. The molecule has 9 heteroatoms. The van der Waals surface area contributed by atoms with Crippen LogP contribution in [0.25, 0.3) is 0 Å². The number of hydrogen-bond acceptors (Lipinski definition) is 6. The molecule has 0 radical (unpaired) electrons. The summed E-state index contributed by atoms with van der Waals surface area (Å²) in [5, 5.41) is 16.0. The lowest BCUT2D eigenvalue weighted by atomic mass is 10.3. The zero-order chi connectivity index (χ0) is 14.3. The summed E-state index contributed by atoms with van der Waals surface area (Å²) in [7, 11) is 0. The smallest absolute Gasteiger partial charge is 0.327 e. The lowest BCUT2D eigenvalue weighted by Gasteiger charge is -2.12. The van der Waals surface area contributed by atoms with Crippen molar-refractivity contribution in [2.24, 2.45) is 0 Å². The molecule has 0 saturated heterocycles. The van der Waals surface area contributed by atoms with Crippen molar-refractivity contribution < 1.29 is 19.5 Å². The number of thiazole rings is 1. The number of carboxylic acids is 1. The molecular formula is C10H13N3O4S2. The number of carboxylic acid groups (broad SMARTS) is 1. The number of rotatable bonds is 7. The summed E-state index contributed by atoms with van der Waals surface area (Å²) >= 11 is 2.43. The quantitative estimate of drug-likeness (QED) is 0.673. The SMILES string of the molecule is CC(=O)NC(CSCC(=O)Nc1nccs1)C(=O)O. The predicted molar refractivity (Wildman–Crippen MR) is 73.3 cm³/mol. The Bertz CT molecular complexity index is 450. The number of nitrogens with zero attached hydrogens (tertiary/aromatic N) is 1. The fourth-order valence-corrected chi connectivity index (χ4v) is 2.51. The van der Waals surface area contributed by atoms with Gasteiger partial charge in [-0.3, -0.25) is 9.59 Å². The van der Waals surface area contributed by atoms with E-state index in [2.05, 4.69) is 15.6 Å². The Morgan fingerprint density at radius 3 is 2.79 bits per heavy atom. The molecule has 1 rings (SSSR count). The van der Waals surface area contributed by atoms with Gasteiger partial charge in [0, 0.05) is 24.3 Å². The van der Waals surface area contributed by atoms with Crippen LogP contribution in [0.15, 0.2) is 11.6 Å². The van der Waals surface area contributed by atoms with Crippen molar-refractivity contribution in [1.82, 2.24) is 10.3 Å². The lowest BCUT2D eigenvalue weighted by molar-refractivity contribution is -0.140. The summed E-state index contributed by atoms with van der Waals surface area (Å²) in [6, 6.07) is -0.991. The Morgan fingerprint density at radius 1 is 1.53 bits per heavy atom. The van der Waals surface area contributed by atoms with Gasteiger partial charge >= 0.3 is 5.97 Å². The lowest BCUT2D eigenvalue weighted by Crippen LogP contribution is -2.41. The Balaban J connectivity index is 2.29. The van der Waals surface area contributed by atoms with Crippen LogP contribution in [-0.2, 0) is 14.4 Å². The van der Waals surface area contributed by atoms with Gasteiger partial charge in [-0.15, -0.1) is 23.1 Å². The largest absolute Gasteiger partial charge is 0.480 e. The van der Waals surface area contributed by atoms with Crippen LogP contribution < -0.4 is 10.6 Å². The van der Waals surface area contributed by atoms with Crippen molar-refractivity contribution in [1.29, 1.82) is 0 Å². The minimum absolute atomic E-state index is 0.100. The standard InChI is InChI=1S/C10H13N3O4S2/c1-6(14)12-7(9(16)17)4-18-5-8(15)13-10-11-2-3-19-10/h2-3,7H,4-5H2,1H3,(H,12,14)(H,16,17)(H,11,13,15). The molecule has 1 atom stereocenters. The molecule has 1 aromatic rings. The van der Waals surface area contributed by atoms with Crippen molar-refractivity contribution in [3.8, 4) is 0 Å². The monoisotopic (exact) mass is 303 g/mol. The fraction of sp³-hybridized carbons (Fsp3) is 0.400. The molecule has 1 unspecified atom stereocenters. The van der Waals surface area contributed by atoms with Gasteiger partial charge in [0.2, 0.25) is 11.8 Å². The maximum atomic E-state index is 11.5. The van der Waals surface area contributed by atoms with Crippen molar-refractivity contribution in [3.63, 3.8) is 0 Å². The number of carbonyl (C=O) groups excluding carboxylic acids is 2. The average molecular weight is 303 g/mol. The van der Waals surface area contributed by atoms with E-state index in [-0.39, 0.29) is 17.4 Å². The van der Waals surface area contributed by atoms with Gasteiger partial charge in [0.15, 0.2) is 5.13 Å². The van der Waals surface area contributed by atoms with Gasteiger partial charge in [0.25, 0.3) is 0 Å². The third-order valence-electron chi connectivity index (χ3n) is 1.87. The van der Waals surface area contributed by atoms with E-state index in [1.165, 1.54) is 18.3 Å². The summed E-state index contributed by atoms with van der Waals surface area (Å²) < 4.78 is 0. The Morgan fingerprint density at radius 2 is 2.26 bits per heavy atom. The normalized spacial score (nSPS) is 11.6. The Labute approximate surface area is 117 Å². The summed E-state index contributed by atoms with van der Waals surface area (Å²) in [6.45, 7) is 1.25. The van der Waals surface area contributed by atoms with Crippen molar-refractivity contribution in [3.05, 3.63) is 11.6 Å². The molecule has 7 nitrogen and oxygen atoms in total. The van der Waals surface area contributed by atoms with Crippen LogP contribution in [0.4, 0.5) is 5.13 Å². The Kier molecular flexibility index (Phi) is 6.30. The van der Waals surface area contributed by atoms with Crippen LogP contribution in [0.1, 0.15) is 6.92 Å². The first-order valence-electron chi connectivity index (χ1n) is 5.26. The highest BCUT2D eigenvalue weighted by Gasteiger charge is 2.18. The minimum atomic E-state index is -1.12. The van der Waals surface area contributed by atoms with E-state index in [1.54, 1.807) is 11.6 Å². The summed E-state index contributed by atoms with van der Waals surface area (Å²) in [5.74, 6) is -1.57. The average Bonchev–Trinajstić information content (AvgIpc) is 2.79. The second-order valence-electron chi connectivity index (χ2n) is 3.49. The number of aromatic nitrogens is 1. The zero-order valence-electron chi connectivity index (χ0n) is 10.1. The molecule has 0 fully saturated rings. The molecule has 3 N–H and O–H groups in total. The zero-order valence-corrected chi connectivity index (χ0v) is 11.7. The molecule has 0 bridgehead atoms. The van der Waals surface area contributed by atoms with E-state index in [4.69, 9.17) is 5.11 Å². The number of carbonyl (C=O) groups is 3. The second kappa shape index (κ2) is 7.74. The molecule has 104 valence electrons. The summed E-state index contributed by atoms with van der Waals surface area (Å²) in [5.41, 5.74) is 0. The van der Waals surface area contributed by atoms with E-state index in [0.717, 1.165) is 11.8 Å². The van der Waals surface area contributed by atoms with Crippen LogP contribution in [-0.4, -0.2) is 45.4 Å².